The fourth-order valence-electron chi connectivity index (χ4n) is 2.24. The second kappa shape index (κ2) is 6.50. The maximum Gasteiger partial charge on any atom is 0.188 e. The SMILES string of the molecule is CCn1cc(Cl)c(C(=O)Cc2ccc(OC3CNC3)cc2)n1. The van der Waals surface area contributed by atoms with Gasteiger partial charge in [-0.25, -0.2) is 0 Å². The van der Waals surface area contributed by atoms with Crippen LogP contribution in [0.2, 0.25) is 5.02 Å². The fraction of sp³-hybridized carbons (Fsp3) is 0.375. The number of hydrogen-bond acceptors (Lipinski definition) is 4. The lowest BCUT2D eigenvalue weighted by atomic mass is 10.1. The van der Waals surface area contributed by atoms with Crippen LogP contribution in [0.25, 0.3) is 0 Å². The number of rotatable bonds is 6. The van der Waals surface area contributed by atoms with Crippen molar-refractivity contribution in [3.05, 3.63) is 46.7 Å². The molecule has 116 valence electrons. The van der Waals surface area contributed by atoms with Gasteiger partial charge in [-0.05, 0) is 24.6 Å². The zero-order valence-electron chi connectivity index (χ0n) is 12.4. The summed E-state index contributed by atoms with van der Waals surface area (Å²) in [5.74, 6) is 0.755. The Morgan fingerprint density at radius 3 is 2.68 bits per heavy atom. The third-order valence-corrected chi connectivity index (χ3v) is 3.92. The molecule has 3 rings (SSSR count). The summed E-state index contributed by atoms with van der Waals surface area (Å²) >= 11 is 6.06. The van der Waals surface area contributed by atoms with Crippen molar-refractivity contribution in [1.29, 1.82) is 0 Å². The predicted molar refractivity (Wildman–Crippen MR) is 84.7 cm³/mol. The Morgan fingerprint density at radius 2 is 2.14 bits per heavy atom. The van der Waals surface area contributed by atoms with E-state index in [0.717, 1.165) is 24.4 Å². The first-order valence-corrected chi connectivity index (χ1v) is 7.76. The summed E-state index contributed by atoms with van der Waals surface area (Å²) in [4.78, 5) is 12.3. The van der Waals surface area contributed by atoms with E-state index >= 15 is 0 Å². The molecule has 1 fully saturated rings. The number of Topliss-reactive ketones (excluding diaryl/α,β-unsaturated/α-hetero) is 1. The third-order valence-electron chi connectivity index (χ3n) is 3.64. The van der Waals surface area contributed by atoms with Crippen LogP contribution in [0.5, 0.6) is 5.75 Å². The first-order chi connectivity index (χ1) is 10.7. The molecular formula is C16H18ClN3O2. The Kier molecular flexibility index (Phi) is 4.45. The van der Waals surface area contributed by atoms with Crippen LogP contribution < -0.4 is 10.1 Å². The first kappa shape index (κ1) is 15.1. The zero-order chi connectivity index (χ0) is 15.5. The van der Waals surface area contributed by atoms with Crippen LogP contribution in [-0.2, 0) is 13.0 Å². The molecule has 0 bridgehead atoms. The second-order valence-corrected chi connectivity index (χ2v) is 5.73. The number of ketones is 1. The minimum absolute atomic E-state index is 0.0749. The number of aryl methyl sites for hydroxylation is 1. The molecule has 0 radical (unpaired) electrons. The number of carbonyl (C=O) groups excluding carboxylic acids is 1. The molecule has 0 amide bonds. The summed E-state index contributed by atoms with van der Waals surface area (Å²) in [7, 11) is 0. The van der Waals surface area contributed by atoms with Gasteiger partial charge in [0.05, 0.1) is 5.02 Å². The average Bonchev–Trinajstić information content (AvgIpc) is 2.86. The van der Waals surface area contributed by atoms with Crippen LogP contribution in [0.1, 0.15) is 23.0 Å². The van der Waals surface area contributed by atoms with Crippen LogP contribution in [0.3, 0.4) is 0 Å². The summed E-state index contributed by atoms with van der Waals surface area (Å²) in [5, 5.41) is 7.77. The maximum absolute atomic E-state index is 12.3. The van der Waals surface area contributed by atoms with Gasteiger partial charge in [-0.1, -0.05) is 23.7 Å². The topological polar surface area (TPSA) is 56.1 Å². The fourth-order valence-corrected chi connectivity index (χ4v) is 2.50. The number of aromatic nitrogens is 2. The van der Waals surface area contributed by atoms with E-state index in [0.29, 0.717) is 17.3 Å². The molecule has 1 aliphatic rings. The normalized spacial score (nSPS) is 14.6. The first-order valence-electron chi connectivity index (χ1n) is 7.38. The van der Waals surface area contributed by atoms with E-state index in [-0.39, 0.29) is 18.3 Å². The molecule has 5 nitrogen and oxygen atoms in total. The van der Waals surface area contributed by atoms with E-state index in [2.05, 4.69) is 10.4 Å². The lowest BCUT2D eigenvalue weighted by Gasteiger charge is -2.27. The van der Waals surface area contributed by atoms with Crippen molar-refractivity contribution in [2.24, 2.45) is 0 Å². The number of ether oxygens (including phenoxy) is 1. The second-order valence-electron chi connectivity index (χ2n) is 5.32. The number of benzene rings is 1. The van der Waals surface area contributed by atoms with Gasteiger partial charge in [0, 0.05) is 32.3 Å². The van der Waals surface area contributed by atoms with Gasteiger partial charge < -0.3 is 10.1 Å². The largest absolute Gasteiger partial charge is 0.488 e. The average molecular weight is 320 g/mol. The lowest BCUT2D eigenvalue weighted by molar-refractivity contribution is 0.0987. The lowest BCUT2D eigenvalue weighted by Crippen LogP contribution is -2.50. The highest BCUT2D eigenvalue weighted by Gasteiger charge is 2.18. The van der Waals surface area contributed by atoms with Gasteiger partial charge in [0.25, 0.3) is 0 Å². The summed E-state index contributed by atoms with van der Waals surface area (Å²) in [5.41, 5.74) is 1.26. The van der Waals surface area contributed by atoms with Crippen LogP contribution in [0, 0.1) is 0 Å². The van der Waals surface area contributed by atoms with E-state index in [1.807, 2.05) is 31.2 Å². The van der Waals surface area contributed by atoms with Gasteiger partial charge in [0.2, 0.25) is 0 Å². The van der Waals surface area contributed by atoms with Crippen LogP contribution >= 0.6 is 11.6 Å². The molecule has 1 aromatic heterocycles. The van der Waals surface area contributed by atoms with E-state index < -0.39 is 0 Å². The molecule has 1 aromatic carbocycles. The van der Waals surface area contributed by atoms with Crippen molar-refractivity contribution in [2.75, 3.05) is 13.1 Å². The summed E-state index contributed by atoms with van der Waals surface area (Å²) in [6, 6.07) is 7.61. The molecule has 0 atom stereocenters. The molecule has 0 aliphatic carbocycles. The van der Waals surface area contributed by atoms with Gasteiger partial charge in [0.1, 0.15) is 17.5 Å². The maximum atomic E-state index is 12.3. The Balaban J connectivity index is 1.64. The highest BCUT2D eigenvalue weighted by Crippen LogP contribution is 2.19. The van der Waals surface area contributed by atoms with Gasteiger partial charge in [-0.15, -0.1) is 0 Å². The molecule has 6 heteroatoms. The van der Waals surface area contributed by atoms with Crippen LogP contribution in [0.15, 0.2) is 30.5 Å². The molecule has 1 aliphatic heterocycles. The summed E-state index contributed by atoms with van der Waals surface area (Å²) in [6.07, 6.45) is 2.22. The van der Waals surface area contributed by atoms with Crippen molar-refractivity contribution in [3.63, 3.8) is 0 Å². The summed E-state index contributed by atoms with van der Waals surface area (Å²) in [6.45, 7) is 4.42. The Bertz CT molecular complexity index is 663. The Labute approximate surface area is 134 Å². The molecule has 1 N–H and O–H groups in total. The predicted octanol–water partition coefficient (Wildman–Crippen LogP) is 2.33. The molecule has 0 spiro atoms. The van der Waals surface area contributed by atoms with E-state index in [1.54, 1.807) is 10.9 Å². The van der Waals surface area contributed by atoms with Gasteiger partial charge in [-0.3, -0.25) is 9.48 Å². The number of nitrogens with one attached hydrogen (secondary N) is 1. The van der Waals surface area contributed by atoms with E-state index in [4.69, 9.17) is 16.3 Å². The quantitative estimate of drug-likeness (QED) is 0.830. The van der Waals surface area contributed by atoms with Gasteiger partial charge >= 0.3 is 0 Å². The number of carbonyl (C=O) groups is 1. The third kappa shape index (κ3) is 3.31. The molecule has 1 saturated heterocycles. The minimum Gasteiger partial charge on any atom is -0.488 e. The van der Waals surface area contributed by atoms with Crippen LogP contribution in [-0.4, -0.2) is 34.8 Å². The minimum atomic E-state index is -0.0749. The van der Waals surface area contributed by atoms with E-state index in [9.17, 15) is 4.79 Å². The standard InChI is InChI=1S/C16H18ClN3O2/c1-2-20-10-14(17)16(19-20)15(21)7-11-3-5-12(6-4-11)22-13-8-18-9-13/h3-6,10,13,18H,2,7-9H2,1H3. The molecular weight excluding hydrogens is 302 g/mol. The van der Waals surface area contributed by atoms with Gasteiger partial charge in [-0.2, -0.15) is 5.10 Å². The molecule has 2 aromatic rings. The molecule has 22 heavy (non-hydrogen) atoms. The zero-order valence-corrected chi connectivity index (χ0v) is 13.1. The highest BCUT2D eigenvalue weighted by molar-refractivity contribution is 6.33. The molecule has 0 unspecified atom stereocenters. The van der Waals surface area contributed by atoms with Crippen LogP contribution in [0.4, 0.5) is 0 Å². The van der Waals surface area contributed by atoms with E-state index in [1.165, 1.54) is 0 Å². The smallest absolute Gasteiger partial charge is 0.188 e. The van der Waals surface area contributed by atoms with Gasteiger partial charge in [0.15, 0.2) is 5.78 Å². The number of halogens is 1. The monoisotopic (exact) mass is 319 g/mol. The van der Waals surface area contributed by atoms with Crippen molar-refractivity contribution in [2.45, 2.75) is 26.0 Å². The van der Waals surface area contributed by atoms with Crippen molar-refractivity contribution in [1.82, 2.24) is 15.1 Å². The Hall–Kier alpha value is -1.85. The molecule has 0 saturated carbocycles. The van der Waals surface area contributed by atoms with Crippen molar-refractivity contribution >= 4 is 17.4 Å². The highest BCUT2D eigenvalue weighted by atomic mass is 35.5. The summed E-state index contributed by atoms with van der Waals surface area (Å²) < 4.78 is 7.41. The number of hydrogen-bond donors (Lipinski definition) is 1. The number of nitrogens with zero attached hydrogens (tertiary/aromatic N) is 2. The Morgan fingerprint density at radius 1 is 1.41 bits per heavy atom. The van der Waals surface area contributed by atoms with Crippen molar-refractivity contribution < 1.29 is 9.53 Å². The molecule has 2 heterocycles. The van der Waals surface area contributed by atoms with Crippen molar-refractivity contribution in [3.8, 4) is 5.75 Å².